The Hall–Kier alpha value is -2.58. The van der Waals surface area contributed by atoms with Gasteiger partial charge in [-0.1, -0.05) is 6.07 Å². The molecule has 1 aliphatic rings. The molecule has 0 radical (unpaired) electrons. The standard InChI is InChI=1S/C20H25N3O4S/c1-26-16-6-5-15(14-17(16)27-2)20(25)23-11-9-22(10-12-23)8-7-21-19(24)18-4-3-13-28-18/h3-6,13-14H,7-12H2,1-2H3,(H,21,24). The average Bonchev–Trinajstić information content (AvgIpc) is 3.28. The first-order valence-electron chi connectivity index (χ1n) is 9.17. The number of ether oxygens (including phenoxy) is 2. The lowest BCUT2D eigenvalue weighted by molar-refractivity contribution is 0.0637. The second-order valence-electron chi connectivity index (χ2n) is 6.44. The maximum atomic E-state index is 12.8. The maximum absolute atomic E-state index is 12.8. The van der Waals surface area contributed by atoms with Gasteiger partial charge in [-0.25, -0.2) is 0 Å². The molecule has 1 aromatic heterocycles. The van der Waals surface area contributed by atoms with E-state index in [2.05, 4.69) is 10.2 Å². The minimum atomic E-state index is -0.0303. The Balaban J connectivity index is 1.46. The van der Waals surface area contributed by atoms with E-state index in [0.29, 0.717) is 36.7 Å². The molecule has 0 bridgehead atoms. The van der Waals surface area contributed by atoms with Gasteiger partial charge in [0.25, 0.3) is 11.8 Å². The first-order valence-corrected chi connectivity index (χ1v) is 10.1. The third-order valence-electron chi connectivity index (χ3n) is 4.75. The molecule has 0 atom stereocenters. The molecule has 1 saturated heterocycles. The van der Waals surface area contributed by atoms with E-state index >= 15 is 0 Å². The molecule has 0 unspecified atom stereocenters. The Kier molecular flexibility index (Phi) is 6.89. The SMILES string of the molecule is COc1ccc(C(=O)N2CCN(CCNC(=O)c3cccs3)CC2)cc1OC. The highest BCUT2D eigenvalue weighted by Gasteiger charge is 2.23. The number of hydrogen-bond donors (Lipinski definition) is 1. The summed E-state index contributed by atoms with van der Waals surface area (Å²) in [5.41, 5.74) is 0.592. The normalized spacial score (nSPS) is 14.6. The predicted molar refractivity (Wildman–Crippen MR) is 109 cm³/mol. The van der Waals surface area contributed by atoms with Crippen LogP contribution in [0, 0.1) is 0 Å². The minimum absolute atomic E-state index is 0.00778. The number of methoxy groups -OCH3 is 2. The molecule has 1 fully saturated rings. The fourth-order valence-corrected chi connectivity index (χ4v) is 3.79. The van der Waals surface area contributed by atoms with Crippen LogP contribution in [0.2, 0.25) is 0 Å². The first kappa shape index (κ1) is 20.2. The van der Waals surface area contributed by atoms with E-state index in [1.54, 1.807) is 32.4 Å². The Labute approximate surface area is 168 Å². The highest BCUT2D eigenvalue weighted by molar-refractivity contribution is 7.12. The highest BCUT2D eigenvalue weighted by atomic mass is 32.1. The summed E-state index contributed by atoms with van der Waals surface area (Å²) in [7, 11) is 3.13. The molecule has 8 heteroatoms. The topological polar surface area (TPSA) is 71.1 Å². The van der Waals surface area contributed by atoms with Gasteiger partial charge in [0, 0.05) is 44.8 Å². The number of nitrogens with zero attached hydrogens (tertiary/aromatic N) is 2. The van der Waals surface area contributed by atoms with Crippen LogP contribution in [0.3, 0.4) is 0 Å². The van der Waals surface area contributed by atoms with Crippen molar-refractivity contribution in [2.24, 2.45) is 0 Å². The van der Waals surface area contributed by atoms with Crippen LogP contribution in [-0.2, 0) is 0 Å². The smallest absolute Gasteiger partial charge is 0.261 e. The van der Waals surface area contributed by atoms with Gasteiger partial charge in [0.05, 0.1) is 19.1 Å². The first-order chi connectivity index (χ1) is 13.6. The molecule has 150 valence electrons. The second kappa shape index (κ2) is 9.57. The van der Waals surface area contributed by atoms with Crippen LogP contribution >= 0.6 is 11.3 Å². The van der Waals surface area contributed by atoms with Crippen LogP contribution in [0.15, 0.2) is 35.7 Å². The van der Waals surface area contributed by atoms with Crippen molar-refractivity contribution in [3.05, 3.63) is 46.2 Å². The molecule has 1 aliphatic heterocycles. The number of piperazine rings is 1. The largest absolute Gasteiger partial charge is 0.493 e. The van der Waals surface area contributed by atoms with E-state index in [9.17, 15) is 9.59 Å². The minimum Gasteiger partial charge on any atom is -0.493 e. The Morgan fingerprint density at radius 2 is 1.82 bits per heavy atom. The van der Waals surface area contributed by atoms with Gasteiger partial charge in [-0.05, 0) is 29.6 Å². The van der Waals surface area contributed by atoms with Gasteiger partial charge >= 0.3 is 0 Å². The number of carbonyl (C=O) groups is 2. The predicted octanol–water partition coefficient (Wildman–Crippen LogP) is 1.95. The molecular weight excluding hydrogens is 378 g/mol. The quantitative estimate of drug-likeness (QED) is 0.765. The van der Waals surface area contributed by atoms with Crippen molar-refractivity contribution in [1.82, 2.24) is 15.1 Å². The Bertz CT molecular complexity index is 802. The summed E-state index contributed by atoms with van der Waals surface area (Å²) in [5.74, 6) is 1.12. The van der Waals surface area contributed by atoms with E-state index in [1.807, 2.05) is 22.4 Å². The summed E-state index contributed by atoms with van der Waals surface area (Å²) in [4.78, 5) is 29.5. The van der Waals surface area contributed by atoms with Gasteiger partial charge < -0.3 is 19.7 Å². The second-order valence-corrected chi connectivity index (χ2v) is 7.38. The van der Waals surface area contributed by atoms with Gasteiger partial charge in [-0.15, -0.1) is 11.3 Å². The fourth-order valence-electron chi connectivity index (χ4n) is 3.15. The van der Waals surface area contributed by atoms with Crippen molar-refractivity contribution in [3.63, 3.8) is 0 Å². The third kappa shape index (κ3) is 4.82. The zero-order chi connectivity index (χ0) is 19.9. The maximum Gasteiger partial charge on any atom is 0.261 e. The van der Waals surface area contributed by atoms with Crippen molar-refractivity contribution in [2.75, 3.05) is 53.5 Å². The lowest BCUT2D eigenvalue weighted by Crippen LogP contribution is -2.50. The van der Waals surface area contributed by atoms with Gasteiger partial charge in [0.15, 0.2) is 11.5 Å². The summed E-state index contributed by atoms with van der Waals surface area (Å²) in [5, 5.41) is 4.83. The van der Waals surface area contributed by atoms with Crippen LogP contribution in [0.25, 0.3) is 0 Å². The van der Waals surface area contributed by atoms with Gasteiger partial charge in [-0.3, -0.25) is 14.5 Å². The van der Waals surface area contributed by atoms with E-state index in [0.717, 1.165) is 24.5 Å². The molecule has 2 amide bonds. The van der Waals surface area contributed by atoms with Crippen LogP contribution in [0.4, 0.5) is 0 Å². The molecule has 28 heavy (non-hydrogen) atoms. The van der Waals surface area contributed by atoms with Crippen LogP contribution in [-0.4, -0.2) is 75.1 Å². The molecular formula is C20H25N3O4S. The summed E-state index contributed by atoms with van der Waals surface area (Å²) in [6, 6.07) is 8.91. The third-order valence-corrected chi connectivity index (χ3v) is 5.62. The molecule has 2 aromatic rings. The Morgan fingerprint density at radius 3 is 2.46 bits per heavy atom. The van der Waals surface area contributed by atoms with E-state index < -0.39 is 0 Å². The van der Waals surface area contributed by atoms with Crippen molar-refractivity contribution in [3.8, 4) is 11.5 Å². The Morgan fingerprint density at radius 1 is 1.07 bits per heavy atom. The number of thiophene rings is 1. The van der Waals surface area contributed by atoms with Crippen molar-refractivity contribution in [2.45, 2.75) is 0 Å². The lowest BCUT2D eigenvalue weighted by atomic mass is 10.1. The van der Waals surface area contributed by atoms with Crippen LogP contribution < -0.4 is 14.8 Å². The number of benzene rings is 1. The average molecular weight is 404 g/mol. The molecule has 0 spiro atoms. The summed E-state index contributed by atoms with van der Waals surface area (Å²) in [6.45, 7) is 4.26. The molecule has 2 heterocycles. The van der Waals surface area contributed by atoms with Gasteiger partial charge in [0.2, 0.25) is 0 Å². The molecule has 3 rings (SSSR count). The van der Waals surface area contributed by atoms with Gasteiger partial charge in [0.1, 0.15) is 0 Å². The summed E-state index contributed by atoms with van der Waals surface area (Å²) >= 11 is 1.44. The number of rotatable bonds is 7. The van der Waals surface area contributed by atoms with Crippen molar-refractivity contribution >= 4 is 23.2 Å². The summed E-state index contributed by atoms with van der Waals surface area (Å²) < 4.78 is 10.5. The van der Waals surface area contributed by atoms with Crippen molar-refractivity contribution < 1.29 is 19.1 Å². The molecule has 0 aliphatic carbocycles. The zero-order valence-corrected chi connectivity index (χ0v) is 17.0. The number of carbonyl (C=O) groups excluding carboxylic acids is 2. The van der Waals surface area contributed by atoms with E-state index in [4.69, 9.17) is 9.47 Å². The van der Waals surface area contributed by atoms with E-state index in [1.165, 1.54) is 11.3 Å². The monoisotopic (exact) mass is 403 g/mol. The molecule has 1 aromatic carbocycles. The fraction of sp³-hybridized carbons (Fsp3) is 0.400. The van der Waals surface area contributed by atoms with Crippen molar-refractivity contribution in [1.29, 1.82) is 0 Å². The molecule has 0 saturated carbocycles. The lowest BCUT2D eigenvalue weighted by Gasteiger charge is -2.34. The number of amides is 2. The number of nitrogens with one attached hydrogen (secondary N) is 1. The molecule has 1 N–H and O–H groups in total. The van der Waals surface area contributed by atoms with E-state index in [-0.39, 0.29) is 11.8 Å². The number of hydrogen-bond acceptors (Lipinski definition) is 6. The van der Waals surface area contributed by atoms with Crippen LogP contribution in [0.1, 0.15) is 20.0 Å². The van der Waals surface area contributed by atoms with Gasteiger partial charge in [-0.2, -0.15) is 0 Å². The zero-order valence-electron chi connectivity index (χ0n) is 16.1. The molecule has 7 nitrogen and oxygen atoms in total. The highest BCUT2D eigenvalue weighted by Crippen LogP contribution is 2.28. The van der Waals surface area contributed by atoms with Crippen LogP contribution in [0.5, 0.6) is 11.5 Å². The summed E-state index contributed by atoms with van der Waals surface area (Å²) in [6.07, 6.45) is 0.